The Morgan fingerprint density at radius 2 is 2.04 bits per heavy atom. The minimum Gasteiger partial charge on any atom is -0.494 e. The van der Waals surface area contributed by atoms with Gasteiger partial charge in [0.15, 0.2) is 0 Å². The molecule has 128 valence electrons. The van der Waals surface area contributed by atoms with Gasteiger partial charge in [0.05, 0.1) is 18.8 Å². The summed E-state index contributed by atoms with van der Waals surface area (Å²) < 4.78 is 11.8. The second-order valence-corrected chi connectivity index (χ2v) is 6.41. The minimum atomic E-state index is 0.205. The Morgan fingerprint density at radius 3 is 2.79 bits per heavy atom. The molecule has 2 aromatic rings. The van der Waals surface area contributed by atoms with Gasteiger partial charge in [0.1, 0.15) is 17.6 Å². The molecule has 0 bridgehead atoms. The molecule has 0 amide bonds. The molecule has 1 aliphatic rings. The van der Waals surface area contributed by atoms with Crippen molar-refractivity contribution in [2.45, 2.75) is 25.9 Å². The van der Waals surface area contributed by atoms with Gasteiger partial charge in [-0.2, -0.15) is 0 Å². The van der Waals surface area contributed by atoms with Crippen LogP contribution in [0, 0.1) is 0 Å². The number of nitrogens with zero attached hydrogens (tertiary/aromatic N) is 1. The Kier molecular flexibility index (Phi) is 5.36. The number of fused-ring (bicyclic) bond motifs is 1. The number of hydrogen-bond acceptors (Lipinski definition) is 4. The predicted octanol–water partition coefficient (Wildman–Crippen LogP) is 4.37. The van der Waals surface area contributed by atoms with Crippen molar-refractivity contribution in [3.05, 3.63) is 47.5 Å². The van der Waals surface area contributed by atoms with Gasteiger partial charge < -0.3 is 20.1 Å². The van der Waals surface area contributed by atoms with Crippen LogP contribution in [0.25, 0.3) is 0 Å². The summed E-state index contributed by atoms with van der Waals surface area (Å²) in [6.07, 6.45) is 2.12. The van der Waals surface area contributed by atoms with E-state index in [1.165, 1.54) is 0 Å². The summed E-state index contributed by atoms with van der Waals surface area (Å²) >= 11 is 5.88. The largest absolute Gasteiger partial charge is 0.494 e. The molecular weight excluding hydrogens is 324 g/mol. The van der Waals surface area contributed by atoms with Crippen molar-refractivity contribution in [3.63, 3.8) is 0 Å². The van der Waals surface area contributed by atoms with E-state index in [2.05, 4.69) is 11.8 Å². The molecule has 0 radical (unpaired) electrons. The van der Waals surface area contributed by atoms with E-state index in [9.17, 15) is 0 Å². The molecule has 0 fully saturated rings. The highest BCUT2D eigenvalue weighted by atomic mass is 35.5. The highest BCUT2D eigenvalue weighted by Crippen LogP contribution is 2.35. The average Bonchev–Trinajstić information content (AvgIpc) is 2.59. The molecular formula is C19H23ClN2O2. The molecule has 24 heavy (non-hydrogen) atoms. The van der Waals surface area contributed by atoms with Crippen molar-refractivity contribution < 1.29 is 9.47 Å². The van der Waals surface area contributed by atoms with Gasteiger partial charge in [-0.05, 0) is 49.2 Å². The van der Waals surface area contributed by atoms with Crippen molar-refractivity contribution in [3.8, 4) is 11.5 Å². The predicted molar refractivity (Wildman–Crippen MR) is 99.3 cm³/mol. The molecule has 2 N–H and O–H groups in total. The maximum atomic E-state index is 6.01. The normalized spacial score (nSPS) is 16.4. The summed E-state index contributed by atoms with van der Waals surface area (Å²) in [6, 6.07) is 13.3. The number of rotatable bonds is 6. The van der Waals surface area contributed by atoms with E-state index in [0.29, 0.717) is 6.61 Å². The summed E-state index contributed by atoms with van der Waals surface area (Å²) in [5.41, 5.74) is 7.73. The second kappa shape index (κ2) is 7.67. The molecule has 1 atom stereocenters. The Balaban J connectivity index is 1.57. The molecule has 1 heterocycles. The minimum absolute atomic E-state index is 0.205. The SMILES string of the molecule is CCC1CN(CCCOc2ccc(Cl)cc2)c2ccc(N)cc2O1. The van der Waals surface area contributed by atoms with Gasteiger partial charge in [-0.15, -0.1) is 0 Å². The fourth-order valence-corrected chi connectivity index (χ4v) is 2.97. The fraction of sp³-hybridized carbons (Fsp3) is 0.368. The van der Waals surface area contributed by atoms with E-state index < -0.39 is 0 Å². The maximum Gasteiger partial charge on any atom is 0.145 e. The molecule has 0 aliphatic carbocycles. The topological polar surface area (TPSA) is 47.7 Å². The van der Waals surface area contributed by atoms with Crippen LogP contribution in [-0.2, 0) is 0 Å². The van der Waals surface area contributed by atoms with Gasteiger partial charge in [0, 0.05) is 23.3 Å². The first-order chi connectivity index (χ1) is 11.7. The molecule has 2 aromatic carbocycles. The quantitative estimate of drug-likeness (QED) is 0.623. The van der Waals surface area contributed by atoms with Crippen molar-refractivity contribution in [2.75, 3.05) is 30.3 Å². The van der Waals surface area contributed by atoms with Gasteiger partial charge in [-0.1, -0.05) is 18.5 Å². The molecule has 0 saturated heterocycles. The summed E-state index contributed by atoms with van der Waals surface area (Å²) in [5.74, 6) is 1.73. The lowest BCUT2D eigenvalue weighted by atomic mass is 10.1. The maximum absolute atomic E-state index is 6.01. The molecule has 0 spiro atoms. The highest BCUT2D eigenvalue weighted by molar-refractivity contribution is 6.30. The van der Waals surface area contributed by atoms with E-state index in [4.69, 9.17) is 26.8 Å². The Labute approximate surface area is 148 Å². The number of nitrogens with two attached hydrogens (primary N) is 1. The van der Waals surface area contributed by atoms with Crippen molar-refractivity contribution in [1.29, 1.82) is 0 Å². The number of halogens is 1. The summed E-state index contributed by atoms with van der Waals surface area (Å²) in [4.78, 5) is 2.36. The lowest BCUT2D eigenvalue weighted by molar-refractivity contribution is 0.188. The van der Waals surface area contributed by atoms with E-state index in [0.717, 1.165) is 53.8 Å². The van der Waals surface area contributed by atoms with Crippen LogP contribution in [0.2, 0.25) is 5.02 Å². The highest BCUT2D eigenvalue weighted by Gasteiger charge is 2.24. The Hall–Kier alpha value is -2.07. The van der Waals surface area contributed by atoms with E-state index >= 15 is 0 Å². The molecule has 3 rings (SSSR count). The Bertz CT molecular complexity index is 676. The van der Waals surface area contributed by atoms with Gasteiger partial charge >= 0.3 is 0 Å². The first kappa shape index (κ1) is 16.8. The third kappa shape index (κ3) is 4.06. The van der Waals surface area contributed by atoms with Crippen LogP contribution in [0.1, 0.15) is 19.8 Å². The standard InChI is InChI=1S/C19H23ClN2O2/c1-2-16-13-22(18-9-6-15(21)12-19(18)24-16)10-3-11-23-17-7-4-14(20)5-8-17/h4-9,12,16H,2-3,10-11,13,21H2,1H3. The van der Waals surface area contributed by atoms with Gasteiger partial charge in [0.25, 0.3) is 0 Å². The van der Waals surface area contributed by atoms with Crippen LogP contribution in [0.3, 0.4) is 0 Å². The van der Waals surface area contributed by atoms with Crippen LogP contribution in [0.5, 0.6) is 11.5 Å². The number of ether oxygens (including phenoxy) is 2. The molecule has 4 nitrogen and oxygen atoms in total. The van der Waals surface area contributed by atoms with Crippen LogP contribution in [0.15, 0.2) is 42.5 Å². The molecule has 0 saturated carbocycles. The van der Waals surface area contributed by atoms with Crippen molar-refractivity contribution >= 4 is 23.0 Å². The van der Waals surface area contributed by atoms with Gasteiger partial charge in [-0.3, -0.25) is 0 Å². The summed E-state index contributed by atoms with van der Waals surface area (Å²) in [6.45, 7) is 4.63. The second-order valence-electron chi connectivity index (χ2n) is 5.98. The lowest BCUT2D eigenvalue weighted by Crippen LogP contribution is -2.40. The smallest absolute Gasteiger partial charge is 0.145 e. The molecule has 5 heteroatoms. The monoisotopic (exact) mass is 346 g/mol. The first-order valence-electron chi connectivity index (χ1n) is 8.35. The van der Waals surface area contributed by atoms with E-state index in [1.54, 1.807) is 0 Å². The molecule has 1 unspecified atom stereocenters. The van der Waals surface area contributed by atoms with Crippen LogP contribution >= 0.6 is 11.6 Å². The zero-order valence-electron chi connectivity index (χ0n) is 13.9. The van der Waals surface area contributed by atoms with Crippen molar-refractivity contribution in [1.82, 2.24) is 0 Å². The van der Waals surface area contributed by atoms with Gasteiger partial charge in [0.2, 0.25) is 0 Å². The van der Waals surface area contributed by atoms with E-state index in [-0.39, 0.29) is 6.10 Å². The third-order valence-corrected chi connectivity index (χ3v) is 4.40. The first-order valence-corrected chi connectivity index (χ1v) is 8.73. The molecule has 1 aliphatic heterocycles. The number of anilines is 2. The van der Waals surface area contributed by atoms with Crippen LogP contribution in [0.4, 0.5) is 11.4 Å². The zero-order chi connectivity index (χ0) is 16.9. The number of nitrogen functional groups attached to an aromatic ring is 1. The fourth-order valence-electron chi connectivity index (χ4n) is 2.85. The van der Waals surface area contributed by atoms with Crippen LogP contribution < -0.4 is 20.1 Å². The summed E-state index contributed by atoms with van der Waals surface area (Å²) in [7, 11) is 0. The molecule has 0 aromatic heterocycles. The lowest BCUT2D eigenvalue weighted by Gasteiger charge is -2.36. The van der Waals surface area contributed by atoms with Gasteiger partial charge in [-0.25, -0.2) is 0 Å². The third-order valence-electron chi connectivity index (χ3n) is 4.15. The zero-order valence-corrected chi connectivity index (χ0v) is 14.6. The number of benzene rings is 2. The summed E-state index contributed by atoms with van der Waals surface area (Å²) in [5, 5.41) is 0.720. The van der Waals surface area contributed by atoms with Crippen molar-refractivity contribution in [2.24, 2.45) is 0 Å². The average molecular weight is 347 g/mol. The van der Waals surface area contributed by atoms with Crippen LogP contribution in [-0.4, -0.2) is 25.8 Å². The Morgan fingerprint density at radius 1 is 1.25 bits per heavy atom. The number of hydrogen-bond donors (Lipinski definition) is 1. The van der Waals surface area contributed by atoms with E-state index in [1.807, 2.05) is 42.5 Å².